The summed E-state index contributed by atoms with van der Waals surface area (Å²) < 4.78 is 5.17. The molecule has 2 N–H and O–H groups in total. The SMILES string of the molecule is CO[C@@H](C(=O)N[C@H](CCCCC#N)C(=O)O)c1ccccc1. The molecule has 1 amide bonds. The minimum Gasteiger partial charge on any atom is -0.480 e. The van der Waals surface area contributed by atoms with Gasteiger partial charge in [-0.15, -0.1) is 0 Å². The number of ether oxygens (including phenoxy) is 1. The van der Waals surface area contributed by atoms with Crippen molar-refractivity contribution in [2.45, 2.75) is 37.8 Å². The van der Waals surface area contributed by atoms with Crippen molar-refractivity contribution in [3.63, 3.8) is 0 Å². The number of benzene rings is 1. The van der Waals surface area contributed by atoms with Crippen LogP contribution in [-0.4, -0.2) is 30.1 Å². The van der Waals surface area contributed by atoms with Crippen LogP contribution in [0.3, 0.4) is 0 Å². The van der Waals surface area contributed by atoms with Crippen molar-refractivity contribution in [1.82, 2.24) is 5.32 Å². The summed E-state index contributed by atoms with van der Waals surface area (Å²) in [5.41, 5.74) is 0.663. The highest BCUT2D eigenvalue weighted by Gasteiger charge is 2.25. The average Bonchev–Trinajstić information content (AvgIpc) is 2.52. The van der Waals surface area contributed by atoms with Crippen LogP contribution in [-0.2, 0) is 14.3 Å². The number of carboxylic acid groups (broad SMARTS) is 1. The summed E-state index contributed by atoms with van der Waals surface area (Å²) in [5.74, 6) is -1.57. The molecular formula is C16H20N2O4. The predicted octanol–water partition coefficient (Wildman–Crippen LogP) is 2.03. The van der Waals surface area contributed by atoms with Crippen molar-refractivity contribution in [3.8, 4) is 6.07 Å². The molecule has 0 saturated carbocycles. The molecule has 0 radical (unpaired) electrons. The topological polar surface area (TPSA) is 99.4 Å². The minimum absolute atomic E-state index is 0.286. The number of carbonyl (C=O) groups is 2. The van der Waals surface area contributed by atoms with E-state index in [1.54, 1.807) is 24.3 Å². The highest BCUT2D eigenvalue weighted by Crippen LogP contribution is 2.17. The molecule has 0 fully saturated rings. The second kappa shape index (κ2) is 9.53. The molecule has 0 aliphatic carbocycles. The van der Waals surface area contributed by atoms with E-state index >= 15 is 0 Å². The van der Waals surface area contributed by atoms with Crippen LogP contribution in [0, 0.1) is 11.3 Å². The third-order valence-electron chi connectivity index (χ3n) is 3.22. The molecular weight excluding hydrogens is 284 g/mol. The molecule has 118 valence electrons. The van der Waals surface area contributed by atoms with Gasteiger partial charge in [0, 0.05) is 13.5 Å². The Labute approximate surface area is 129 Å². The fraction of sp³-hybridized carbons (Fsp3) is 0.438. The van der Waals surface area contributed by atoms with Crippen molar-refractivity contribution in [2.75, 3.05) is 7.11 Å². The van der Waals surface area contributed by atoms with Crippen LogP contribution in [0.1, 0.15) is 37.4 Å². The maximum Gasteiger partial charge on any atom is 0.326 e. The molecule has 0 heterocycles. The molecule has 0 aliphatic heterocycles. The van der Waals surface area contributed by atoms with Crippen LogP contribution in [0.25, 0.3) is 0 Å². The van der Waals surface area contributed by atoms with Gasteiger partial charge in [-0.2, -0.15) is 5.26 Å². The van der Waals surface area contributed by atoms with Crippen molar-refractivity contribution >= 4 is 11.9 Å². The first kappa shape index (κ1) is 17.7. The number of methoxy groups -OCH3 is 1. The maximum atomic E-state index is 12.2. The minimum atomic E-state index is -1.09. The van der Waals surface area contributed by atoms with Crippen LogP contribution < -0.4 is 5.32 Å². The lowest BCUT2D eigenvalue weighted by Gasteiger charge is -2.19. The van der Waals surface area contributed by atoms with Gasteiger partial charge in [0.1, 0.15) is 6.04 Å². The molecule has 1 aromatic carbocycles. The maximum absolute atomic E-state index is 12.2. The second-order valence-corrected chi connectivity index (χ2v) is 4.83. The number of nitrogens with one attached hydrogen (secondary N) is 1. The van der Waals surface area contributed by atoms with Crippen LogP contribution in [0.15, 0.2) is 30.3 Å². The lowest BCUT2D eigenvalue weighted by Crippen LogP contribution is -2.43. The second-order valence-electron chi connectivity index (χ2n) is 4.83. The standard InChI is InChI=1S/C16H20N2O4/c1-22-14(12-8-4-2-5-9-12)15(19)18-13(16(20)21)10-6-3-7-11-17/h2,4-5,8-9,13-14H,3,6-7,10H2,1H3,(H,18,19)(H,20,21)/t13-,14-/m1/s1. The van der Waals surface area contributed by atoms with Crippen LogP contribution in [0.2, 0.25) is 0 Å². The fourth-order valence-corrected chi connectivity index (χ4v) is 2.08. The molecule has 0 spiro atoms. The van der Waals surface area contributed by atoms with E-state index in [0.29, 0.717) is 24.8 Å². The van der Waals surface area contributed by atoms with Gasteiger partial charge in [0.2, 0.25) is 0 Å². The van der Waals surface area contributed by atoms with Gasteiger partial charge in [0.05, 0.1) is 6.07 Å². The molecule has 6 heteroatoms. The van der Waals surface area contributed by atoms with Crippen molar-refractivity contribution in [2.24, 2.45) is 0 Å². The van der Waals surface area contributed by atoms with E-state index in [1.165, 1.54) is 7.11 Å². The van der Waals surface area contributed by atoms with Gasteiger partial charge in [-0.05, 0) is 24.8 Å². The summed E-state index contributed by atoms with van der Waals surface area (Å²) in [6, 6.07) is 9.91. The summed E-state index contributed by atoms with van der Waals surface area (Å²) in [5, 5.41) is 20.1. The van der Waals surface area contributed by atoms with Crippen molar-refractivity contribution < 1.29 is 19.4 Å². The molecule has 22 heavy (non-hydrogen) atoms. The fourth-order valence-electron chi connectivity index (χ4n) is 2.08. The summed E-state index contributed by atoms with van der Waals surface area (Å²) in [4.78, 5) is 23.5. The predicted molar refractivity (Wildman–Crippen MR) is 79.8 cm³/mol. The number of carboxylic acids is 1. The molecule has 0 aliphatic rings. The van der Waals surface area contributed by atoms with Gasteiger partial charge in [-0.3, -0.25) is 4.79 Å². The Bertz CT molecular complexity index is 525. The van der Waals surface area contributed by atoms with Gasteiger partial charge in [-0.25, -0.2) is 4.79 Å². The molecule has 0 unspecified atom stereocenters. The van der Waals surface area contributed by atoms with Crippen LogP contribution in [0.4, 0.5) is 0 Å². The zero-order chi connectivity index (χ0) is 16.4. The summed E-state index contributed by atoms with van der Waals surface area (Å²) in [6.45, 7) is 0. The first-order chi connectivity index (χ1) is 10.6. The third kappa shape index (κ3) is 5.54. The van der Waals surface area contributed by atoms with E-state index in [1.807, 2.05) is 12.1 Å². The Kier molecular flexibility index (Phi) is 7.65. The lowest BCUT2D eigenvalue weighted by atomic mass is 10.1. The first-order valence-corrected chi connectivity index (χ1v) is 7.08. The smallest absolute Gasteiger partial charge is 0.326 e. The number of hydrogen-bond acceptors (Lipinski definition) is 4. The molecule has 1 rings (SSSR count). The van der Waals surface area contributed by atoms with Gasteiger partial charge in [0.25, 0.3) is 5.91 Å². The van der Waals surface area contributed by atoms with Crippen LogP contribution >= 0.6 is 0 Å². The Balaban J connectivity index is 2.65. The Morgan fingerprint density at radius 3 is 2.55 bits per heavy atom. The average molecular weight is 304 g/mol. The molecule has 0 bridgehead atoms. The summed E-state index contributed by atoms with van der Waals surface area (Å²) in [6.07, 6.45) is 0.997. The molecule has 6 nitrogen and oxygen atoms in total. The zero-order valence-corrected chi connectivity index (χ0v) is 12.5. The number of nitrogens with zero attached hydrogens (tertiary/aromatic N) is 1. The Morgan fingerprint density at radius 1 is 1.32 bits per heavy atom. The van der Waals surface area contributed by atoms with E-state index in [2.05, 4.69) is 5.32 Å². The first-order valence-electron chi connectivity index (χ1n) is 7.08. The van der Waals surface area contributed by atoms with E-state index in [4.69, 9.17) is 10.00 Å². The van der Waals surface area contributed by atoms with Crippen LogP contribution in [0.5, 0.6) is 0 Å². The molecule has 2 atom stereocenters. The number of amides is 1. The van der Waals surface area contributed by atoms with Gasteiger partial charge >= 0.3 is 5.97 Å². The van der Waals surface area contributed by atoms with Crippen molar-refractivity contribution in [1.29, 1.82) is 5.26 Å². The third-order valence-corrected chi connectivity index (χ3v) is 3.22. The summed E-state index contributed by atoms with van der Waals surface area (Å²) in [7, 11) is 1.40. The van der Waals surface area contributed by atoms with Gasteiger partial charge in [-0.1, -0.05) is 30.3 Å². The van der Waals surface area contributed by atoms with E-state index < -0.39 is 24.0 Å². The molecule has 1 aromatic rings. The number of aliphatic carboxylic acids is 1. The largest absolute Gasteiger partial charge is 0.480 e. The highest BCUT2D eigenvalue weighted by molar-refractivity contribution is 5.87. The number of nitriles is 1. The Morgan fingerprint density at radius 2 is 2.00 bits per heavy atom. The quantitative estimate of drug-likeness (QED) is 0.680. The number of carbonyl (C=O) groups excluding carboxylic acids is 1. The molecule has 0 aromatic heterocycles. The number of rotatable bonds is 9. The summed E-state index contributed by atoms with van der Waals surface area (Å²) >= 11 is 0. The van der Waals surface area contributed by atoms with E-state index in [-0.39, 0.29) is 6.42 Å². The van der Waals surface area contributed by atoms with Gasteiger partial charge in [0.15, 0.2) is 6.10 Å². The number of unbranched alkanes of at least 4 members (excludes halogenated alkanes) is 2. The highest BCUT2D eigenvalue weighted by atomic mass is 16.5. The van der Waals surface area contributed by atoms with Crippen molar-refractivity contribution in [3.05, 3.63) is 35.9 Å². The van der Waals surface area contributed by atoms with Gasteiger partial charge < -0.3 is 15.2 Å². The zero-order valence-electron chi connectivity index (χ0n) is 12.5. The molecule has 0 saturated heterocycles. The van der Waals surface area contributed by atoms with E-state index in [9.17, 15) is 14.7 Å². The lowest BCUT2D eigenvalue weighted by molar-refractivity contribution is -0.144. The van der Waals surface area contributed by atoms with E-state index in [0.717, 1.165) is 0 Å². The monoisotopic (exact) mass is 304 g/mol. The Hall–Kier alpha value is -2.39. The number of hydrogen-bond donors (Lipinski definition) is 2. The normalized spacial score (nSPS) is 12.9.